The molecule has 0 aliphatic heterocycles. The summed E-state index contributed by atoms with van der Waals surface area (Å²) in [5.74, 6) is -0.955. The maximum atomic E-state index is 11.8. The normalized spacial score (nSPS) is 18.2. The third-order valence-corrected chi connectivity index (χ3v) is 8.67. The molecule has 0 aromatic carbocycles. The van der Waals surface area contributed by atoms with Gasteiger partial charge in [-0.2, -0.15) is 0 Å². The van der Waals surface area contributed by atoms with Crippen LogP contribution in [0.1, 0.15) is 52.9 Å². The van der Waals surface area contributed by atoms with E-state index < -0.39 is 9.85 Å². The van der Waals surface area contributed by atoms with Gasteiger partial charge in [-0.15, -0.1) is 0 Å². The molecule has 0 fully saturated rings. The predicted molar refractivity (Wildman–Crippen MR) is 161 cm³/mol. The molecule has 0 unspecified atom stereocenters. The van der Waals surface area contributed by atoms with Crippen LogP contribution in [-0.4, -0.2) is 43.0 Å². The van der Waals surface area contributed by atoms with Crippen molar-refractivity contribution in [1.29, 1.82) is 0 Å². The molecule has 4 rings (SSSR count). The van der Waals surface area contributed by atoms with E-state index in [2.05, 4.69) is 30.4 Å². The van der Waals surface area contributed by atoms with Crippen LogP contribution in [0, 0.1) is 34.1 Å². The number of carbonyl (C=O) groups is 2. The summed E-state index contributed by atoms with van der Waals surface area (Å²) in [6.07, 6.45) is 0. The van der Waals surface area contributed by atoms with Gasteiger partial charge < -0.3 is 30.4 Å². The average Bonchev–Trinajstić information content (AvgIpc) is 3.54. The van der Waals surface area contributed by atoms with Gasteiger partial charge in [-0.3, -0.25) is 40.0 Å². The van der Waals surface area contributed by atoms with Gasteiger partial charge in [0.2, 0.25) is 0 Å². The molecule has 2 heterocycles. The van der Waals surface area contributed by atoms with Crippen molar-refractivity contribution >= 4 is 55.7 Å². The van der Waals surface area contributed by atoms with E-state index in [1.807, 2.05) is 0 Å². The summed E-state index contributed by atoms with van der Waals surface area (Å²) < 4.78 is 0. The SMILES string of the molecule is CC1=C(C)C(=NN=c2[n-]c(C)c([N+](=O)[O-])s2)C(O)=C(C)C1=O.CC1=C(C)C(=NN=c2[n-]c(C)c([N+](=O)[O-])s2)C(O)=C(C)C1=O.[Co]. The summed E-state index contributed by atoms with van der Waals surface area (Å²) in [6, 6.07) is 0. The Kier molecular flexibility index (Phi) is 11.8. The second kappa shape index (κ2) is 14.5. The number of aliphatic hydroxyl groups is 2. The summed E-state index contributed by atoms with van der Waals surface area (Å²) in [5.41, 5.74) is 3.22. The van der Waals surface area contributed by atoms with Gasteiger partial charge in [-0.25, -0.2) is 0 Å². The van der Waals surface area contributed by atoms with Crippen LogP contribution < -0.4 is 19.6 Å². The molecule has 2 aliphatic carbocycles. The molecule has 0 saturated heterocycles. The first kappa shape index (κ1) is 36.6. The van der Waals surface area contributed by atoms with E-state index in [0.29, 0.717) is 22.3 Å². The van der Waals surface area contributed by atoms with Gasteiger partial charge in [0.1, 0.15) is 22.9 Å². The number of ketones is 2. The first-order valence-electron chi connectivity index (χ1n) is 12.5. The number of hydrogen-bond donors (Lipinski definition) is 2. The van der Waals surface area contributed by atoms with Crippen molar-refractivity contribution in [3.05, 3.63) is 86.2 Å². The van der Waals surface area contributed by atoms with Crippen LogP contribution in [0.3, 0.4) is 0 Å². The fourth-order valence-corrected chi connectivity index (χ4v) is 5.20. The largest absolute Gasteiger partial charge is 0.505 e. The molecule has 19 heteroatoms. The van der Waals surface area contributed by atoms with Crippen LogP contribution in [0.2, 0.25) is 0 Å². The van der Waals surface area contributed by atoms with Crippen molar-refractivity contribution in [1.82, 2.24) is 9.97 Å². The standard InChI is InChI=1S/2C13H14N4O4S.Co/c2*1-5-6(2)10(18)7(3)11(19)9(5)15-16-13-14-8(4)12(22-13)17(20)21;/h2*1-4H3,(H2,14,16,18,19);/p-2. The summed E-state index contributed by atoms with van der Waals surface area (Å²) in [7, 11) is 0. The predicted octanol–water partition coefficient (Wildman–Crippen LogP) is 3.86. The molecule has 2 N–H and O–H groups in total. The zero-order chi connectivity index (χ0) is 33.2. The molecule has 2 aliphatic rings. The topological polar surface area (TPSA) is 239 Å². The summed E-state index contributed by atoms with van der Waals surface area (Å²) >= 11 is 1.59. The summed E-state index contributed by atoms with van der Waals surface area (Å²) in [6.45, 7) is 12.6. The van der Waals surface area contributed by atoms with E-state index in [0.717, 1.165) is 22.7 Å². The number of aliphatic hydroxyl groups excluding tert-OH is 2. The Hall–Kier alpha value is -4.59. The number of Topliss-reactive ketones (excluding diaryl/α,β-unsaturated/α-hetero) is 2. The van der Waals surface area contributed by atoms with Crippen LogP contribution in [0.5, 0.6) is 0 Å². The van der Waals surface area contributed by atoms with Crippen LogP contribution in [-0.2, 0) is 26.4 Å². The van der Waals surface area contributed by atoms with Gasteiger partial charge in [-0.1, -0.05) is 22.7 Å². The average molecular weight is 702 g/mol. The van der Waals surface area contributed by atoms with Gasteiger partial charge in [-0.05, 0) is 66.5 Å². The molecular formula is C26H26CoN8O8S2-2. The Balaban J connectivity index is 0.000000307. The number of nitro groups is 2. The van der Waals surface area contributed by atoms with Crippen molar-refractivity contribution in [3.63, 3.8) is 0 Å². The number of rotatable bonds is 4. The van der Waals surface area contributed by atoms with E-state index in [9.17, 15) is 40.0 Å². The smallest absolute Gasteiger partial charge is 0.322 e. The summed E-state index contributed by atoms with van der Waals surface area (Å²) in [4.78, 5) is 52.3. The minimum atomic E-state index is -0.532. The number of aromatic nitrogens is 2. The molecule has 0 saturated carbocycles. The Morgan fingerprint density at radius 3 is 1.16 bits per heavy atom. The number of thiazole rings is 2. The first-order valence-corrected chi connectivity index (χ1v) is 14.2. The molecule has 1 radical (unpaired) electrons. The second-order valence-corrected chi connectivity index (χ2v) is 11.4. The van der Waals surface area contributed by atoms with Gasteiger partial charge in [0.25, 0.3) is 0 Å². The minimum Gasteiger partial charge on any atom is -0.505 e. The molecule has 0 spiro atoms. The molecule has 16 nitrogen and oxygen atoms in total. The van der Waals surface area contributed by atoms with E-state index in [-0.39, 0.29) is 93.4 Å². The maximum absolute atomic E-state index is 11.8. The molecule has 241 valence electrons. The van der Waals surface area contributed by atoms with Gasteiger partial charge in [0, 0.05) is 60.1 Å². The van der Waals surface area contributed by atoms with E-state index >= 15 is 0 Å². The zero-order valence-corrected chi connectivity index (χ0v) is 27.7. The summed E-state index contributed by atoms with van der Waals surface area (Å²) in [5, 5.41) is 56.9. The van der Waals surface area contributed by atoms with Gasteiger partial charge in [0.05, 0.1) is 9.85 Å². The van der Waals surface area contributed by atoms with Crippen LogP contribution >= 0.6 is 22.7 Å². The monoisotopic (exact) mass is 701 g/mol. The number of allylic oxidation sites excluding steroid dienone is 6. The molecule has 2 aromatic heterocycles. The number of nitrogens with zero attached hydrogens (tertiary/aromatic N) is 8. The van der Waals surface area contributed by atoms with E-state index in [1.165, 1.54) is 27.7 Å². The third kappa shape index (κ3) is 7.56. The van der Waals surface area contributed by atoms with E-state index in [1.54, 1.807) is 27.7 Å². The van der Waals surface area contributed by atoms with Crippen LogP contribution in [0.25, 0.3) is 0 Å². The molecule has 0 atom stereocenters. The third-order valence-electron chi connectivity index (χ3n) is 6.68. The van der Waals surface area contributed by atoms with E-state index in [4.69, 9.17) is 0 Å². The fourth-order valence-electron chi connectivity index (χ4n) is 3.79. The first-order chi connectivity index (χ1) is 20.5. The van der Waals surface area contributed by atoms with Crippen molar-refractivity contribution in [2.45, 2.75) is 55.4 Å². The molecule has 0 bridgehead atoms. The molecular weight excluding hydrogens is 675 g/mol. The fraction of sp³-hybridized carbons (Fsp3) is 0.308. The van der Waals surface area contributed by atoms with Gasteiger partial charge >= 0.3 is 10.0 Å². The number of hydrogen-bond acceptors (Lipinski definition) is 14. The van der Waals surface area contributed by atoms with Crippen molar-refractivity contribution in [3.8, 4) is 0 Å². The van der Waals surface area contributed by atoms with Crippen LogP contribution in [0.4, 0.5) is 10.0 Å². The second-order valence-electron chi connectivity index (χ2n) is 9.49. The Bertz CT molecular complexity index is 1760. The van der Waals surface area contributed by atoms with Crippen molar-refractivity contribution in [2.75, 3.05) is 0 Å². The Labute approximate surface area is 273 Å². The minimum absolute atomic E-state index is 0. The molecule has 2 aromatic rings. The van der Waals surface area contributed by atoms with Crippen LogP contribution in [0.15, 0.2) is 65.4 Å². The van der Waals surface area contributed by atoms with Crippen molar-refractivity contribution in [2.24, 2.45) is 20.4 Å². The Morgan fingerprint density at radius 2 is 0.889 bits per heavy atom. The van der Waals surface area contributed by atoms with Crippen molar-refractivity contribution < 1.29 is 46.4 Å². The molecule has 45 heavy (non-hydrogen) atoms. The number of aryl methyl sites for hydroxylation is 2. The zero-order valence-electron chi connectivity index (χ0n) is 25.1. The number of carbonyl (C=O) groups excluding carboxylic acids is 2. The Morgan fingerprint density at radius 1 is 0.578 bits per heavy atom. The quantitative estimate of drug-likeness (QED) is 0.265. The molecule has 0 amide bonds. The maximum Gasteiger partial charge on any atom is 0.322 e. The van der Waals surface area contributed by atoms with Gasteiger partial charge in [0.15, 0.2) is 11.6 Å².